The minimum Gasteiger partial charge on any atom is -0.361 e. The smallest absolute Gasteiger partial charge is 0.133 e. The van der Waals surface area contributed by atoms with Crippen molar-refractivity contribution >= 4 is 0 Å². The van der Waals surface area contributed by atoms with Crippen LogP contribution >= 0.6 is 0 Å². The van der Waals surface area contributed by atoms with Gasteiger partial charge in [0.25, 0.3) is 0 Å². The van der Waals surface area contributed by atoms with Gasteiger partial charge in [-0.15, -0.1) is 0 Å². The molecule has 0 amide bonds. The van der Waals surface area contributed by atoms with Crippen molar-refractivity contribution in [1.82, 2.24) is 15.0 Å². The van der Waals surface area contributed by atoms with Crippen LogP contribution in [-0.4, -0.2) is 9.72 Å². The zero-order valence-corrected chi connectivity index (χ0v) is 10.4. The molecule has 0 atom stereocenters. The first-order chi connectivity index (χ1) is 8.28. The van der Waals surface area contributed by atoms with Crippen molar-refractivity contribution in [3.63, 3.8) is 0 Å². The first kappa shape index (κ1) is 11.9. The summed E-state index contributed by atoms with van der Waals surface area (Å²) in [6, 6.07) is 4.10. The lowest BCUT2D eigenvalue weighted by molar-refractivity contribution is 0.388. The second kappa shape index (κ2) is 5.68. The minimum atomic E-state index is 0.746. The highest BCUT2D eigenvalue weighted by Gasteiger charge is 2.00. The molecular formula is C13H19N3O. The molecule has 0 aromatic carbocycles. The largest absolute Gasteiger partial charge is 0.361 e. The van der Waals surface area contributed by atoms with Crippen molar-refractivity contribution in [1.29, 1.82) is 0 Å². The Labute approximate surface area is 102 Å². The summed E-state index contributed by atoms with van der Waals surface area (Å²) in [5.41, 5.74) is 2.26. The summed E-state index contributed by atoms with van der Waals surface area (Å²) in [5, 5.41) is 7.29. The van der Waals surface area contributed by atoms with Crippen molar-refractivity contribution in [2.24, 2.45) is 0 Å². The van der Waals surface area contributed by atoms with Gasteiger partial charge in [0.05, 0.1) is 5.69 Å². The molecule has 0 aliphatic heterocycles. The Bertz CT molecular complexity index is 459. The number of rotatable bonds is 6. The molecule has 2 aromatic rings. The molecule has 0 aliphatic rings. The van der Waals surface area contributed by atoms with Crippen LogP contribution in [-0.2, 0) is 19.6 Å². The van der Waals surface area contributed by atoms with Crippen LogP contribution in [0.4, 0.5) is 0 Å². The van der Waals surface area contributed by atoms with Crippen LogP contribution in [0.15, 0.2) is 29.0 Å². The van der Waals surface area contributed by atoms with Gasteiger partial charge >= 0.3 is 0 Å². The molecule has 4 nitrogen and oxygen atoms in total. The highest BCUT2D eigenvalue weighted by atomic mass is 16.5. The van der Waals surface area contributed by atoms with Gasteiger partial charge in [0, 0.05) is 38.1 Å². The predicted molar refractivity (Wildman–Crippen MR) is 66.5 cm³/mol. The van der Waals surface area contributed by atoms with Gasteiger partial charge in [-0.3, -0.25) is 0 Å². The topological polar surface area (TPSA) is 43.0 Å². The summed E-state index contributed by atoms with van der Waals surface area (Å²) in [7, 11) is 0. The van der Waals surface area contributed by atoms with E-state index in [4.69, 9.17) is 4.52 Å². The molecule has 17 heavy (non-hydrogen) atoms. The molecule has 2 rings (SSSR count). The molecule has 0 saturated carbocycles. The number of hydrogen-bond donors (Lipinski definition) is 1. The molecule has 0 aliphatic carbocycles. The molecule has 0 radical (unpaired) electrons. The van der Waals surface area contributed by atoms with Gasteiger partial charge in [0.1, 0.15) is 5.76 Å². The Hall–Kier alpha value is -1.55. The molecule has 0 bridgehead atoms. The minimum absolute atomic E-state index is 0.746. The van der Waals surface area contributed by atoms with Crippen LogP contribution in [0.25, 0.3) is 0 Å². The summed E-state index contributed by atoms with van der Waals surface area (Å²) in [4.78, 5) is 0. The zero-order valence-electron chi connectivity index (χ0n) is 10.4. The summed E-state index contributed by atoms with van der Waals surface area (Å²) >= 11 is 0. The van der Waals surface area contributed by atoms with E-state index in [1.807, 2.05) is 13.0 Å². The second-order valence-electron chi connectivity index (χ2n) is 4.29. The summed E-state index contributed by atoms with van der Waals surface area (Å²) in [6.45, 7) is 6.79. The second-order valence-corrected chi connectivity index (χ2v) is 4.29. The molecule has 4 heteroatoms. The third kappa shape index (κ3) is 3.46. The van der Waals surface area contributed by atoms with E-state index in [-0.39, 0.29) is 0 Å². The number of aryl methyl sites for hydroxylation is 2. The fourth-order valence-corrected chi connectivity index (χ4v) is 1.83. The van der Waals surface area contributed by atoms with Crippen LogP contribution in [0.1, 0.15) is 30.4 Å². The Kier molecular flexibility index (Phi) is 3.98. The van der Waals surface area contributed by atoms with Gasteiger partial charge in [-0.05, 0) is 25.0 Å². The molecule has 0 unspecified atom stereocenters. The first-order valence-electron chi connectivity index (χ1n) is 6.05. The van der Waals surface area contributed by atoms with Crippen LogP contribution in [0.5, 0.6) is 0 Å². The van der Waals surface area contributed by atoms with Crippen LogP contribution < -0.4 is 5.32 Å². The van der Waals surface area contributed by atoms with E-state index in [0.717, 1.165) is 31.1 Å². The van der Waals surface area contributed by atoms with Crippen molar-refractivity contribution in [3.05, 3.63) is 41.5 Å². The average Bonchev–Trinajstić information content (AvgIpc) is 2.89. The van der Waals surface area contributed by atoms with Crippen molar-refractivity contribution < 1.29 is 4.52 Å². The third-order valence-corrected chi connectivity index (χ3v) is 2.61. The standard InChI is InChI=1S/C13H19N3O/c1-3-5-16-6-4-12(10-16)8-14-9-13-7-11(2)17-15-13/h4,6-7,10,14H,3,5,8-9H2,1-2H3. The van der Waals surface area contributed by atoms with Crippen LogP contribution in [0.2, 0.25) is 0 Å². The van der Waals surface area contributed by atoms with Crippen molar-refractivity contribution in [2.45, 2.75) is 39.9 Å². The fourth-order valence-electron chi connectivity index (χ4n) is 1.83. The Morgan fingerprint density at radius 2 is 2.29 bits per heavy atom. The molecule has 92 valence electrons. The van der Waals surface area contributed by atoms with Gasteiger partial charge in [0.15, 0.2) is 0 Å². The van der Waals surface area contributed by atoms with Gasteiger partial charge in [-0.25, -0.2) is 0 Å². The van der Waals surface area contributed by atoms with E-state index < -0.39 is 0 Å². The van der Waals surface area contributed by atoms with Gasteiger partial charge in [-0.2, -0.15) is 0 Å². The fraction of sp³-hybridized carbons (Fsp3) is 0.462. The zero-order chi connectivity index (χ0) is 12.1. The van der Waals surface area contributed by atoms with E-state index in [0.29, 0.717) is 0 Å². The van der Waals surface area contributed by atoms with Gasteiger partial charge < -0.3 is 14.4 Å². The maximum Gasteiger partial charge on any atom is 0.133 e. The Morgan fingerprint density at radius 1 is 1.41 bits per heavy atom. The molecule has 2 aromatic heterocycles. The molecule has 0 fully saturated rings. The highest BCUT2D eigenvalue weighted by molar-refractivity contribution is 5.10. The van der Waals surface area contributed by atoms with Gasteiger partial charge in [0.2, 0.25) is 0 Å². The van der Waals surface area contributed by atoms with Crippen LogP contribution in [0.3, 0.4) is 0 Å². The van der Waals surface area contributed by atoms with E-state index in [1.165, 1.54) is 12.0 Å². The normalized spacial score (nSPS) is 10.9. The molecule has 1 N–H and O–H groups in total. The lowest BCUT2D eigenvalue weighted by atomic mass is 10.3. The van der Waals surface area contributed by atoms with E-state index in [9.17, 15) is 0 Å². The quantitative estimate of drug-likeness (QED) is 0.833. The van der Waals surface area contributed by atoms with E-state index in [1.54, 1.807) is 0 Å². The summed E-state index contributed by atoms with van der Waals surface area (Å²) in [5.74, 6) is 0.857. The number of nitrogens with zero attached hydrogens (tertiary/aromatic N) is 2. The molecule has 0 saturated heterocycles. The van der Waals surface area contributed by atoms with Crippen molar-refractivity contribution in [3.8, 4) is 0 Å². The summed E-state index contributed by atoms with van der Waals surface area (Å²) < 4.78 is 7.23. The third-order valence-electron chi connectivity index (χ3n) is 2.61. The maximum atomic E-state index is 5.01. The van der Waals surface area contributed by atoms with Gasteiger partial charge in [-0.1, -0.05) is 12.1 Å². The number of nitrogens with one attached hydrogen (secondary N) is 1. The SMILES string of the molecule is CCCn1ccc(CNCc2cc(C)on2)c1. The Morgan fingerprint density at radius 3 is 3.00 bits per heavy atom. The highest BCUT2D eigenvalue weighted by Crippen LogP contribution is 2.04. The number of aromatic nitrogens is 2. The average molecular weight is 233 g/mol. The van der Waals surface area contributed by atoms with E-state index in [2.05, 4.69) is 40.4 Å². The number of hydrogen-bond acceptors (Lipinski definition) is 3. The Balaban J connectivity index is 1.77. The molecular weight excluding hydrogens is 214 g/mol. The first-order valence-corrected chi connectivity index (χ1v) is 6.05. The lowest BCUT2D eigenvalue weighted by Crippen LogP contribution is -2.12. The van der Waals surface area contributed by atoms with E-state index >= 15 is 0 Å². The summed E-state index contributed by atoms with van der Waals surface area (Å²) in [6.07, 6.45) is 5.48. The lowest BCUT2D eigenvalue weighted by Gasteiger charge is -2.00. The monoisotopic (exact) mass is 233 g/mol. The van der Waals surface area contributed by atoms with Crippen LogP contribution in [0, 0.1) is 6.92 Å². The molecule has 2 heterocycles. The molecule has 0 spiro atoms. The maximum absolute atomic E-state index is 5.01. The predicted octanol–water partition coefficient (Wildman–Crippen LogP) is 2.48. The van der Waals surface area contributed by atoms with Crippen molar-refractivity contribution in [2.75, 3.05) is 0 Å².